The number of para-hydroxylation sites is 1. The summed E-state index contributed by atoms with van der Waals surface area (Å²) < 4.78 is 5.18. The molecule has 2 amide bonds. The monoisotopic (exact) mass is 440 g/mol. The Morgan fingerprint density at radius 3 is 2.90 bits per heavy atom. The van der Waals surface area contributed by atoms with Crippen LogP contribution in [0.2, 0.25) is 0 Å². The number of aromatic nitrogens is 2. The molecule has 3 aromatic rings. The summed E-state index contributed by atoms with van der Waals surface area (Å²) in [6.45, 7) is 1.37. The number of ether oxygens (including phenoxy) is 1. The fraction of sp³-hybridized carbons (Fsp3) is 0.364. The quantitative estimate of drug-likeness (QED) is 0.608. The van der Waals surface area contributed by atoms with Crippen LogP contribution < -0.4 is 5.56 Å². The third-order valence-electron chi connectivity index (χ3n) is 5.41. The average molecular weight is 441 g/mol. The molecule has 1 saturated heterocycles. The zero-order valence-corrected chi connectivity index (χ0v) is 18.1. The molecule has 1 fully saturated rings. The Labute approximate surface area is 183 Å². The van der Waals surface area contributed by atoms with Crippen LogP contribution in [0, 0.1) is 0 Å². The summed E-state index contributed by atoms with van der Waals surface area (Å²) in [7, 11) is 1.57. The van der Waals surface area contributed by atoms with Gasteiger partial charge in [0, 0.05) is 20.2 Å². The largest absolute Gasteiger partial charge is 0.383 e. The molecule has 1 aliphatic rings. The highest BCUT2D eigenvalue weighted by molar-refractivity contribution is 7.12. The van der Waals surface area contributed by atoms with Crippen LogP contribution in [0.25, 0.3) is 10.9 Å². The molecule has 1 N–H and O–H groups in total. The van der Waals surface area contributed by atoms with Crippen LogP contribution in [0.3, 0.4) is 0 Å². The number of carbonyl (C=O) groups excluding carboxylic acids is 2. The van der Waals surface area contributed by atoms with E-state index in [1.807, 2.05) is 17.5 Å². The van der Waals surface area contributed by atoms with E-state index in [4.69, 9.17) is 4.74 Å². The van der Waals surface area contributed by atoms with Crippen LogP contribution in [0.1, 0.15) is 28.3 Å². The van der Waals surface area contributed by atoms with Crippen molar-refractivity contribution in [3.8, 4) is 0 Å². The number of benzene rings is 1. The Hall–Kier alpha value is -3.04. The third kappa shape index (κ3) is 4.52. The van der Waals surface area contributed by atoms with E-state index in [2.05, 4.69) is 9.97 Å². The molecule has 0 aliphatic carbocycles. The van der Waals surface area contributed by atoms with E-state index in [1.165, 1.54) is 11.3 Å². The van der Waals surface area contributed by atoms with Crippen molar-refractivity contribution < 1.29 is 14.3 Å². The Balaban J connectivity index is 1.58. The Bertz CT molecular complexity index is 1130. The Morgan fingerprint density at radius 2 is 2.13 bits per heavy atom. The molecular weight excluding hydrogens is 416 g/mol. The fourth-order valence-electron chi connectivity index (χ4n) is 3.88. The minimum absolute atomic E-state index is 0.116. The third-order valence-corrected chi connectivity index (χ3v) is 6.27. The lowest BCUT2D eigenvalue weighted by molar-refractivity contribution is -0.136. The van der Waals surface area contributed by atoms with E-state index in [1.54, 1.807) is 41.2 Å². The maximum Gasteiger partial charge on any atom is 0.264 e. The first-order valence-electron chi connectivity index (χ1n) is 10.2. The van der Waals surface area contributed by atoms with Crippen molar-refractivity contribution in [2.45, 2.75) is 25.4 Å². The highest BCUT2D eigenvalue weighted by Crippen LogP contribution is 2.24. The summed E-state index contributed by atoms with van der Waals surface area (Å²) in [6, 6.07) is 10.2. The Morgan fingerprint density at radius 1 is 1.29 bits per heavy atom. The van der Waals surface area contributed by atoms with Gasteiger partial charge >= 0.3 is 0 Å². The standard InChI is InChI=1S/C22H24N4O4S/c1-30-12-11-25(14-19-23-16-7-3-2-6-15(16)20(27)24-19)21(28)17-8-4-10-26(17)22(29)18-9-5-13-31-18/h2-3,5-7,9,13,17H,4,8,10-12,14H2,1H3,(H,23,24,27). The number of nitrogens with one attached hydrogen (secondary N) is 1. The van der Waals surface area contributed by atoms with Gasteiger partial charge in [-0.3, -0.25) is 14.4 Å². The van der Waals surface area contributed by atoms with Gasteiger partial charge in [-0.1, -0.05) is 18.2 Å². The van der Waals surface area contributed by atoms with Gasteiger partial charge in [0.15, 0.2) is 0 Å². The van der Waals surface area contributed by atoms with Crippen LogP contribution in [-0.2, 0) is 16.1 Å². The lowest BCUT2D eigenvalue weighted by atomic mass is 10.1. The fourth-order valence-corrected chi connectivity index (χ4v) is 4.56. The van der Waals surface area contributed by atoms with Crippen molar-refractivity contribution in [1.29, 1.82) is 0 Å². The molecule has 8 nitrogen and oxygen atoms in total. The predicted octanol–water partition coefficient (Wildman–Crippen LogP) is 2.26. The highest BCUT2D eigenvalue weighted by Gasteiger charge is 2.37. The zero-order valence-electron chi connectivity index (χ0n) is 17.2. The van der Waals surface area contributed by atoms with E-state index < -0.39 is 6.04 Å². The zero-order chi connectivity index (χ0) is 21.8. The number of nitrogens with zero attached hydrogens (tertiary/aromatic N) is 3. The predicted molar refractivity (Wildman–Crippen MR) is 118 cm³/mol. The number of amides is 2. The molecular formula is C22H24N4O4S. The summed E-state index contributed by atoms with van der Waals surface area (Å²) in [5, 5.41) is 2.36. The normalized spacial score (nSPS) is 16.0. The molecule has 0 radical (unpaired) electrons. The number of thiophene rings is 1. The molecule has 0 saturated carbocycles. The second kappa shape index (κ2) is 9.40. The molecule has 0 bridgehead atoms. The number of hydrogen-bond acceptors (Lipinski definition) is 6. The molecule has 2 aromatic heterocycles. The molecule has 162 valence electrons. The van der Waals surface area contributed by atoms with Crippen molar-refractivity contribution in [2.24, 2.45) is 0 Å². The first-order chi connectivity index (χ1) is 15.1. The number of H-pyrrole nitrogens is 1. The number of fused-ring (bicyclic) bond motifs is 1. The van der Waals surface area contributed by atoms with E-state index in [0.29, 0.717) is 47.7 Å². The molecule has 0 spiro atoms. The van der Waals surface area contributed by atoms with Crippen LogP contribution >= 0.6 is 11.3 Å². The van der Waals surface area contributed by atoms with Gasteiger partial charge in [-0.15, -0.1) is 11.3 Å². The van der Waals surface area contributed by atoms with Crippen LogP contribution in [0.15, 0.2) is 46.6 Å². The van der Waals surface area contributed by atoms with Gasteiger partial charge in [-0.05, 0) is 36.4 Å². The van der Waals surface area contributed by atoms with Gasteiger partial charge < -0.3 is 19.5 Å². The summed E-state index contributed by atoms with van der Waals surface area (Å²) in [5.41, 5.74) is 0.339. The topological polar surface area (TPSA) is 95.6 Å². The van der Waals surface area contributed by atoms with Crippen LogP contribution in [0.5, 0.6) is 0 Å². The first kappa shape index (κ1) is 21.2. The number of hydrogen-bond donors (Lipinski definition) is 1. The van der Waals surface area contributed by atoms with Gasteiger partial charge in [-0.25, -0.2) is 4.98 Å². The molecule has 4 rings (SSSR count). The summed E-state index contributed by atoms with van der Waals surface area (Å²) in [5.74, 6) is 0.132. The second-order valence-electron chi connectivity index (χ2n) is 7.42. The van der Waals surface area contributed by atoms with E-state index >= 15 is 0 Å². The molecule has 1 atom stereocenters. The molecule has 1 aromatic carbocycles. The summed E-state index contributed by atoms with van der Waals surface area (Å²) >= 11 is 1.37. The maximum absolute atomic E-state index is 13.4. The van der Waals surface area contributed by atoms with Crippen LogP contribution in [-0.4, -0.2) is 64.4 Å². The van der Waals surface area contributed by atoms with E-state index in [9.17, 15) is 14.4 Å². The van der Waals surface area contributed by atoms with Crippen molar-refractivity contribution in [1.82, 2.24) is 19.8 Å². The van der Waals surface area contributed by atoms with Crippen molar-refractivity contribution in [3.05, 3.63) is 62.8 Å². The lowest BCUT2D eigenvalue weighted by Gasteiger charge is -2.30. The molecule has 9 heteroatoms. The van der Waals surface area contributed by atoms with Gasteiger partial charge in [0.05, 0.1) is 28.9 Å². The SMILES string of the molecule is COCCN(Cc1nc2ccccc2c(=O)[nH]1)C(=O)C1CCCN1C(=O)c1cccs1. The number of carbonyl (C=O) groups is 2. The molecule has 3 heterocycles. The molecule has 1 aliphatic heterocycles. The van der Waals surface area contributed by atoms with E-state index in [-0.39, 0.29) is 23.9 Å². The van der Waals surface area contributed by atoms with Crippen molar-refractivity contribution in [3.63, 3.8) is 0 Å². The minimum Gasteiger partial charge on any atom is -0.383 e. The summed E-state index contributed by atoms with van der Waals surface area (Å²) in [4.78, 5) is 50.0. The minimum atomic E-state index is -0.529. The van der Waals surface area contributed by atoms with E-state index in [0.717, 1.165) is 6.42 Å². The molecule has 31 heavy (non-hydrogen) atoms. The van der Waals surface area contributed by atoms with Gasteiger partial charge in [-0.2, -0.15) is 0 Å². The number of aromatic amines is 1. The number of rotatable bonds is 7. The highest BCUT2D eigenvalue weighted by atomic mass is 32.1. The number of methoxy groups -OCH3 is 1. The smallest absolute Gasteiger partial charge is 0.264 e. The van der Waals surface area contributed by atoms with Crippen molar-refractivity contribution >= 4 is 34.1 Å². The van der Waals surface area contributed by atoms with Gasteiger partial charge in [0.25, 0.3) is 11.5 Å². The van der Waals surface area contributed by atoms with Crippen LogP contribution in [0.4, 0.5) is 0 Å². The second-order valence-corrected chi connectivity index (χ2v) is 8.36. The molecule has 1 unspecified atom stereocenters. The maximum atomic E-state index is 13.4. The Kier molecular flexibility index (Phi) is 6.43. The summed E-state index contributed by atoms with van der Waals surface area (Å²) in [6.07, 6.45) is 1.39. The van der Waals surface area contributed by atoms with Gasteiger partial charge in [0.2, 0.25) is 5.91 Å². The van der Waals surface area contributed by atoms with Crippen molar-refractivity contribution in [2.75, 3.05) is 26.8 Å². The average Bonchev–Trinajstić information content (AvgIpc) is 3.48. The van der Waals surface area contributed by atoms with Gasteiger partial charge in [0.1, 0.15) is 11.9 Å². The lowest BCUT2D eigenvalue weighted by Crippen LogP contribution is -2.48. The number of likely N-dealkylation sites (tertiary alicyclic amines) is 1. The first-order valence-corrected chi connectivity index (χ1v) is 11.1.